The summed E-state index contributed by atoms with van der Waals surface area (Å²) >= 11 is 0. The second kappa shape index (κ2) is 11.3. The molecule has 1 heterocycles. The van der Waals surface area contributed by atoms with Gasteiger partial charge < -0.3 is 25.7 Å². The molecule has 0 radical (unpaired) electrons. The first-order valence-corrected chi connectivity index (χ1v) is 10.0. The maximum absolute atomic E-state index is 12.6. The highest BCUT2D eigenvalue weighted by molar-refractivity contribution is 5.75. The number of carbonyl (C=O) groups is 2. The minimum Gasteiger partial charge on any atom is -0.483 e. The second-order valence-corrected chi connectivity index (χ2v) is 7.72. The number of likely N-dealkylation sites (tertiary alicyclic amines) is 1. The molecule has 0 aromatic heterocycles. The highest BCUT2D eigenvalue weighted by atomic mass is 16.3. The van der Waals surface area contributed by atoms with Crippen molar-refractivity contribution < 1.29 is 19.8 Å². The molecule has 0 bridgehead atoms. The van der Waals surface area contributed by atoms with E-state index >= 15 is 0 Å². The number of carboxylic acid groups (broad SMARTS) is 1. The Morgan fingerprint density at radius 3 is 2.33 bits per heavy atom. The molecule has 7 nitrogen and oxygen atoms in total. The zero-order valence-corrected chi connectivity index (χ0v) is 17.5. The van der Waals surface area contributed by atoms with Gasteiger partial charge in [0.05, 0.1) is 11.6 Å². The number of aliphatic hydroxyl groups is 1. The molecule has 7 heteroatoms. The van der Waals surface area contributed by atoms with Gasteiger partial charge in [-0.15, -0.1) is 0 Å². The highest BCUT2D eigenvalue weighted by Gasteiger charge is 2.31. The Bertz CT molecular complexity index is 805. The molecule has 30 heavy (non-hydrogen) atoms. The summed E-state index contributed by atoms with van der Waals surface area (Å²) in [5.41, 5.74) is 2.39. The van der Waals surface area contributed by atoms with Crippen LogP contribution in [0.3, 0.4) is 0 Å². The number of hydrogen-bond acceptors (Lipinski definition) is 4. The maximum Gasteiger partial charge on any atom is 0.315 e. The van der Waals surface area contributed by atoms with Crippen molar-refractivity contribution in [1.82, 2.24) is 15.5 Å². The second-order valence-electron chi connectivity index (χ2n) is 7.72. The van der Waals surface area contributed by atoms with Crippen molar-refractivity contribution in [2.75, 3.05) is 26.7 Å². The predicted octanol–water partition coefficient (Wildman–Crippen LogP) is 2.54. The number of hydrogen-bond donors (Lipinski definition) is 4. The summed E-state index contributed by atoms with van der Waals surface area (Å²) in [6, 6.07) is 17.6. The minimum atomic E-state index is -0.824. The smallest absolute Gasteiger partial charge is 0.315 e. The zero-order chi connectivity index (χ0) is 22.0. The van der Waals surface area contributed by atoms with E-state index in [0.29, 0.717) is 12.8 Å². The number of urea groups is 1. The van der Waals surface area contributed by atoms with Crippen LogP contribution in [-0.2, 0) is 4.79 Å². The van der Waals surface area contributed by atoms with Crippen LogP contribution in [0.2, 0.25) is 0 Å². The van der Waals surface area contributed by atoms with E-state index in [0.717, 1.165) is 29.8 Å². The third kappa shape index (κ3) is 7.17. The lowest BCUT2D eigenvalue weighted by molar-refractivity contribution is -0.122. The Hall–Kier alpha value is -2.90. The molecule has 162 valence electrons. The van der Waals surface area contributed by atoms with Crippen molar-refractivity contribution in [1.29, 1.82) is 0 Å². The number of rotatable bonds is 5. The minimum absolute atomic E-state index is 0.238. The van der Waals surface area contributed by atoms with E-state index in [1.54, 1.807) is 0 Å². The van der Waals surface area contributed by atoms with E-state index in [4.69, 9.17) is 9.90 Å². The van der Waals surface area contributed by atoms with E-state index in [1.807, 2.05) is 62.5 Å². The van der Waals surface area contributed by atoms with Gasteiger partial charge in [-0.05, 0) is 37.9 Å². The summed E-state index contributed by atoms with van der Waals surface area (Å²) in [7, 11) is 2.05. The molecule has 1 aliphatic rings. The first-order chi connectivity index (χ1) is 14.4. The fourth-order valence-corrected chi connectivity index (χ4v) is 3.49. The fraction of sp³-hybridized carbons (Fsp3) is 0.391. The van der Waals surface area contributed by atoms with Gasteiger partial charge in [-0.2, -0.15) is 0 Å². The molecule has 1 atom stereocenters. The molecule has 1 unspecified atom stereocenters. The zero-order valence-electron chi connectivity index (χ0n) is 17.5. The van der Waals surface area contributed by atoms with E-state index < -0.39 is 5.60 Å². The van der Waals surface area contributed by atoms with Crippen molar-refractivity contribution in [2.45, 2.75) is 31.4 Å². The van der Waals surface area contributed by atoms with Gasteiger partial charge in [-0.1, -0.05) is 60.2 Å². The van der Waals surface area contributed by atoms with Gasteiger partial charge in [-0.25, -0.2) is 4.79 Å². The van der Waals surface area contributed by atoms with E-state index in [9.17, 15) is 9.90 Å². The lowest BCUT2D eigenvalue weighted by atomic mass is 9.91. The molecule has 0 saturated carbocycles. The molecular formula is C23H31N3O4. The van der Waals surface area contributed by atoms with Crippen molar-refractivity contribution in [2.24, 2.45) is 0 Å². The molecule has 1 fully saturated rings. The first-order valence-electron chi connectivity index (χ1n) is 10.0. The Labute approximate surface area is 177 Å². The summed E-state index contributed by atoms with van der Waals surface area (Å²) in [6.45, 7) is 3.74. The fourth-order valence-electron chi connectivity index (χ4n) is 3.49. The third-order valence-electron chi connectivity index (χ3n) is 5.28. The average molecular weight is 414 g/mol. The average Bonchev–Trinajstić information content (AvgIpc) is 2.74. The molecule has 1 aliphatic heterocycles. The molecule has 2 amide bonds. The van der Waals surface area contributed by atoms with Gasteiger partial charge in [0.15, 0.2) is 0 Å². The van der Waals surface area contributed by atoms with Crippen LogP contribution in [0.5, 0.6) is 0 Å². The Kier molecular flexibility index (Phi) is 8.83. The SMILES string of the molecule is Cc1cccc(C(NC(=O)NCC2(O)CCN(C)CC2)c2ccccc2)c1.O=CO. The predicted molar refractivity (Wildman–Crippen MR) is 116 cm³/mol. The van der Waals surface area contributed by atoms with Gasteiger partial charge in [0.2, 0.25) is 0 Å². The van der Waals surface area contributed by atoms with Gasteiger partial charge in [-0.3, -0.25) is 4.79 Å². The maximum atomic E-state index is 12.6. The van der Waals surface area contributed by atoms with E-state index in [2.05, 4.69) is 21.6 Å². The number of aryl methyl sites for hydroxylation is 1. The lowest BCUT2D eigenvalue weighted by Crippen LogP contribution is -2.52. The third-order valence-corrected chi connectivity index (χ3v) is 5.28. The number of amides is 2. The molecule has 3 rings (SSSR count). The summed E-state index contributed by atoms with van der Waals surface area (Å²) in [5, 5.41) is 23.5. The largest absolute Gasteiger partial charge is 0.483 e. The molecule has 2 aromatic rings. The van der Waals surface area contributed by atoms with Gasteiger partial charge in [0, 0.05) is 19.6 Å². The molecule has 4 N–H and O–H groups in total. The van der Waals surface area contributed by atoms with Crippen molar-refractivity contribution in [3.63, 3.8) is 0 Å². The van der Waals surface area contributed by atoms with Crippen LogP contribution < -0.4 is 10.6 Å². The molecule has 2 aromatic carbocycles. The van der Waals surface area contributed by atoms with Crippen molar-refractivity contribution in [3.05, 3.63) is 71.3 Å². The molecule has 0 spiro atoms. The molecule has 0 aliphatic carbocycles. The topological polar surface area (TPSA) is 102 Å². The van der Waals surface area contributed by atoms with E-state index in [1.165, 1.54) is 0 Å². The van der Waals surface area contributed by atoms with Crippen LogP contribution in [0.4, 0.5) is 4.79 Å². The van der Waals surface area contributed by atoms with Crippen molar-refractivity contribution >= 4 is 12.5 Å². The monoisotopic (exact) mass is 413 g/mol. The number of nitrogens with one attached hydrogen (secondary N) is 2. The van der Waals surface area contributed by atoms with Crippen LogP contribution >= 0.6 is 0 Å². The summed E-state index contributed by atoms with van der Waals surface area (Å²) < 4.78 is 0. The number of nitrogens with zero attached hydrogens (tertiary/aromatic N) is 1. The standard InChI is InChI=1S/C22H29N3O2.CH2O2/c1-17-7-6-10-19(15-17)20(18-8-4-3-5-9-18)24-21(26)23-16-22(27)11-13-25(2)14-12-22;2-1-3/h3-10,15,20,27H,11-14,16H2,1-2H3,(H2,23,24,26);1H,(H,2,3). The van der Waals surface area contributed by atoms with Crippen LogP contribution in [-0.4, -0.2) is 59.9 Å². The van der Waals surface area contributed by atoms with Crippen LogP contribution in [0.25, 0.3) is 0 Å². The first kappa shape index (κ1) is 23.4. The van der Waals surface area contributed by atoms with Crippen LogP contribution in [0.15, 0.2) is 54.6 Å². The summed E-state index contributed by atoms with van der Waals surface area (Å²) in [5.74, 6) is 0. The van der Waals surface area contributed by atoms with Gasteiger partial charge in [0.25, 0.3) is 6.47 Å². The number of carbonyl (C=O) groups excluding carboxylic acids is 1. The Balaban J connectivity index is 0.00000101. The lowest BCUT2D eigenvalue weighted by Gasteiger charge is -2.36. The van der Waals surface area contributed by atoms with Gasteiger partial charge >= 0.3 is 6.03 Å². The van der Waals surface area contributed by atoms with E-state index in [-0.39, 0.29) is 25.1 Å². The highest BCUT2D eigenvalue weighted by Crippen LogP contribution is 2.23. The van der Waals surface area contributed by atoms with Crippen LogP contribution in [0.1, 0.15) is 35.6 Å². The normalized spacial score (nSPS) is 16.5. The Morgan fingerprint density at radius 1 is 1.13 bits per heavy atom. The van der Waals surface area contributed by atoms with Crippen molar-refractivity contribution in [3.8, 4) is 0 Å². The Morgan fingerprint density at radius 2 is 1.73 bits per heavy atom. The number of piperidine rings is 1. The molecule has 1 saturated heterocycles. The quantitative estimate of drug-likeness (QED) is 0.564. The number of benzene rings is 2. The molecular weight excluding hydrogens is 382 g/mol. The van der Waals surface area contributed by atoms with Gasteiger partial charge in [0.1, 0.15) is 0 Å². The van der Waals surface area contributed by atoms with Crippen LogP contribution in [0, 0.1) is 6.92 Å². The summed E-state index contributed by atoms with van der Waals surface area (Å²) in [4.78, 5) is 23.1. The summed E-state index contributed by atoms with van der Waals surface area (Å²) in [6.07, 6.45) is 1.34.